The summed E-state index contributed by atoms with van der Waals surface area (Å²) in [4.78, 5) is 14.3. The van der Waals surface area contributed by atoms with E-state index in [-0.39, 0.29) is 5.91 Å². The summed E-state index contributed by atoms with van der Waals surface area (Å²) in [6.07, 6.45) is 1.02. The van der Waals surface area contributed by atoms with Crippen molar-refractivity contribution < 1.29 is 9.53 Å². The summed E-state index contributed by atoms with van der Waals surface area (Å²) in [5, 5.41) is 3.28. The van der Waals surface area contributed by atoms with Crippen LogP contribution >= 0.6 is 0 Å². The summed E-state index contributed by atoms with van der Waals surface area (Å²) in [5.74, 6) is 0.0800. The van der Waals surface area contributed by atoms with Crippen LogP contribution in [-0.4, -0.2) is 44.1 Å². The standard InChI is InChI=1S/C14H20N2O2/c1-16(12-7-8-15-9-12)14(17)13-6-4-3-5-11(13)10-18-2/h3-6,12,15H,7-10H2,1-2H3. The first-order valence-corrected chi connectivity index (χ1v) is 6.28. The van der Waals surface area contributed by atoms with Gasteiger partial charge < -0.3 is 15.0 Å². The molecule has 1 saturated heterocycles. The summed E-state index contributed by atoms with van der Waals surface area (Å²) in [7, 11) is 3.52. The van der Waals surface area contributed by atoms with Crippen molar-refractivity contribution in [3.05, 3.63) is 35.4 Å². The normalized spacial score (nSPS) is 18.9. The molecule has 1 N–H and O–H groups in total. The minimum atomic E-state index is 0.0800. The maximum Gasteiger partial charge on any atom is 0.254 e. The van der Waals surface area contributed by atoms with Crippen LogP contribution in [0.4, 0.5) is 0 Å². The van der Waals surface area contributed by atoms with Gasteiger partial charge in [0.1, 0.15) is 0 Å². The Morgan fingerprint density at radius 3 is 2.94 bits per heavy atom. The van der Waals surface area contributed by atoms with Gasteiger partial charge in [-0.3, -0.25) is 4.79 Å². The molecular formula is C14H20N2O2. The van der Waals surface area contributed by atoms with E-state index in [0.717, 1.165) is 30.6 Å². The third-order valence-electron chi connectivity index (χ3n) is 3.45. The predicted molar refractivity (Wildman–Crippen MR) is 70.5 cm³/mol. The fourth-order valence-electron chi connectivity index (χ4n) is 2.34. The highest BCUT2D eigenvalue weighted by Crippen LogP contribution is 2.15. The van der Waals surface area contributed by atoms with E-state index >= 15 is 0 Å². The SMILES string of the molecule is COCc1ccccc1C(=O)N(C)C1CCNC1. The first kappa shape index (κ1) is 13.1. The summed E-state index contributed by atoms with van der Waals surface area (Å²) < 4.78 is 5.14. The highest BCUT2D eigenvalue weighted by atomic mass is 16.5. The third kappa shape index (κ3) is 2.71. The van der Waals surface area contributed by atoms with E-state index in [9.17, 15) is 4.79 Å². The molecule has 1 atom stereocenters. The molecule has 0 spiro atoms. The zero-order chi connectivity index (χ0) is 13.0. The average molecular weight is 248 g/mol. The van der Waals surface area contributed by atoms with Gasteiger partial charge in [-0.15, -0.1) is 0 Å². The fraction of sp³-hybridized carbons (Fsp3) is 0.500. The molecule has 0 radical (unpaired) electrons. The van der Waals surface area contributed by atoms with Gasteiger partial charge in [0.15, 0.2) is 0 Å². The Hall–Kier alpha value is -1.39. The number of benzene rings is 1. The van der Waals surface area contributed by atoms with Gasteiger partial charge >= 0.3 is 0 Å². The maximum absolute atomic E-state index is 12.5. The molecule has 0 bridgehead atoms. The molecule has 1 aliphatic heterocycles. The number of amides is 1. The van der Waals surface area contributed by atoms with Crippen molar-refractivity contribution in [1.29, 1.82) is 0 Å². The van der Waals surface area contributed by atoms with Gasteiger partial charge in [0.2, 0.25) is 0 Å². The molecule has 18 heavy (non-hydrogen) atoms. The summed E-state index contributed by atoms with van der Waals surface area (Å²) >= 11 is 0. The lowest BCUT2D eigenvalue weighted by molar-refractivity contribution is 0.0739. The van der Waals surface area contributed by atoms with Crippen molar-refractivity contribution in [1.82, 2.24) is 10.2 Å². The van der Waals surface area contributed by atoms with Crippen LogP contribution in [0, 0.1) is 0 Å². The van der Waals surface area contributed by atoms with Crippen LogP contribution < -0.4 is 5.32 Å². The van der Waals surface area contributed by atoms with Crippen LogP contribution in [-0.2, 0) is 11.3 Å². The highest BCUT2D eigenvalue weighted by molar-refractivity contribution is 5.95. The largest absolute Gasteiger partial charge is 0.380 e. The van der Waals surface area contributed by atoms with Crippen molar-refractivity contribution in [2.75, 3.05) is 27.2 Å². The highest BCUT2D eigenvalue weighted by Gasteiger charge is 2.25. The number of ether oxygens (including phenoxy) is 1. The third-order valence-corrected chi connectivity index (χ3v) is 3.45. The molecule has 1 aromatic rings. The number of rotatable bonds is 4. The second-order valence-electron chi connectivity index (χ2n) is 4.65. The van der Waals surface area contributed by atoms with E-state index < -0.39 is 0 Å². The summed E-state index contributed by atoms with van der Waals surface area (Å²) in [6, 6.07) is 7.94. The summed E-state index contributed by atoms with van der Waals surface area (Å²) in [5.41, 5.74) is 1.69. The zero-order valence-electron chi connectivity index (χ0n) is 11.0. The van der Waals surface area contributed by atoms with Gasteiger partial charge in [-0.05, 0) is 24.6 Å². The lowest BCUT2D eigenvalue weighted by Crippen LogP contribution is -2.38. The summed E-state index contributed by atoms with van der Waals surface area (Å²) in [6.45, 7) is 2.34. The number of hydrogen-bond donors (Lipinski definition) is 1. The van der Waals surface area contributed by atoms with Gasteiger partial charge in [0.25, 0.3) is 5.91 Å². The van der Waals surface area contributed by atoms with Crippen LogP contribution in [0.15, 0.2) is 24.3 Å². The molecule has 98 valence electrons. The topological polar surface area (TPSA) is 41.6 Å². The molecule has 1 amide bonds. The Kier molecular flexibility index (Phi) is 4.33. The van der Waals surface area contributed by atoms with E-state index in [4.69, 9.17) is 4.74 Å². The molecule has 1 aliphatic rings. The molecule has 4 nitrogen and oxygen atoms in total. The van der Waals surface area contributed by atoms with Crippen molar-refractivity contribution >= 4 is 5.91 Å². The lowest BCUT2D eigenvalue weighted by atomic mass is 10.1. The number of likely N-dealkylation sites (N-methyl/N-ethyl adjacent to an activating group) is 1. The predicted octanol–water partition coefficient (Wildman–Crippen LogP) is 1.27. The molecule has 1 heterocycles. The molecule has 1 fully saturated rings. The second kappa shape index (κ2) is 5.98. The smallest absolute Gasteiger partial charge is 0.254 e. The van der Waals surface area contributed by atoms with E-state index in [0.29, 0.717) is 12.6 Å². The van der Waals surface area contributed by atoms with Crippen LogP contribution in [0.3, 0.4) is 0 Å². The van der Waals surface area contributed by atoms with Gasteiger partial charge in [-0.1, -0.05) is 18.2 Å². The number of carbonyl (C=O) groups excluding carboxylic acids is 1. The molecular weight excluding hydrogens is 228 g/mol. The van der Waals surface area contributed by atoms with E-state index in [2.05, 4.69) is 5.32 Å². The molecule has 0 aliphatic carbocycles. The number of nitrogens with zero attached hydrogens (tertiary/aromatic N) is 1. The van der Waals surface area contributed by atoms with Gasteiger partial charge in [0.05, 0.1) is 6.61 Å². The van der Waals surface area contributed by atoms with Crippen LogP contribution in [0.1, 0.15) is 22.3 Å². The van der Waals surface area contributed by atoms with Crippen molar-refractivity contribution in [2.24, 2.45) is 0 Å². The van der Waals surface area contributed by atoms with E-state index in [1.165, 1.54) is 0 Å². The molecule has 2 rings (SSSR count). The molecule has 1 unspecified atom stereocenters. The average Bonchev–Trinajstić information content (AvgIpc) is 2.92. The van der Waals surface area contributed by atoms with Gasteiger partial charge in [0, 0.05) is 32.3 Å². The first-order valence-electron chi connectivity index (χ1n) is 6.28. The van der Waals surface area contributed by atoms with Crippen molar-refractivity contribution in [3.63, 3.8) is 0 Å². The minimum absolute atomic E-state index is 0.0800. The van der Waals surface area contributed by atoms with Crippen LogP contribution in [0.5, 0.6) is 0 Å². The second-order valence-corrected chi connectivity index (χ2v) is 4.65. The Bertz CT molecular complexity index is 414. The van der Waals surface area contributed by atoms with Gasteiger partial charge in [-0.2, -0.15) is 0 Å². The fourth-order valence-corrected chi connectivity index (χ4v) is 2.34. The number of nitrogens with one attached hydrogen (secondary N) is 1. The van der Waals surface area contributed by atoms with Crippen LogP contribution in [0.2, 0.25) is 0 Å². The zero-order valence-corrected chi connectivity index (χ0v) is 11.0. The molecule has 4 heteroatoms. The Morgan fingerprint density at radius 1 is 1.50 bits per heavy atom. The first-order chi connectivity index (χ1) is 8.74. The molecule has 1 aromatic carbocycles. The quantitative estimate of drug-likeness (QED) is 0.872. The lowest BCUT2D eigenvalue weighted by Gasteiger charge is -2.24. The van der Waals surface area contributed by atoms with Crippen molar-refractivity contribution in [2.45, 2.75) is 19.1 Å². The van der Waals surface area contributed by atoms with E-state index in [1.807, 2.05) is 36.2 Å². The van der Waals surface area contributed by atoms with Crippen molar-refractivity contribution in [3.8, 4) is 0 Å². The number of methoxy groups -OCH3 is 1. The Balaban J connectivity index is 2.16. The molecule has 0 saturated carbocycles. The Labute approximate surface area is 108 Å². The van der Waals surface area contributed by atoms with Crippen LogP contribution in [0.25, 0.3) is 0 Å². The number of hydrogen-bond acceptors (Lipinski definition) is 3. The minimum Gasteiger partial charge on any atom is -0.380 e. The number of carbonyl (C=O) groups is 1. The van der Waals surface area contributed by atoms with E-state index in [1.54, 1.807) is 7.11 Å². The Morgan fingerprint density at radius 2 is 2.28 bits per heavy atom. The monoisotopic (exact) mass is 248 g/mol. The molecule has 0 aromatic heterocycles. The van der Waals surface area contributed by atoms with Gasteiger partial charge in [-0.25, -0.2) is 0 Å². The maximum atomic E-state index is 12.5.